The summed E-state index contributed by atoms with van der Waals surface area (Å²) in [6.45, 7) is 3.48. The first kappa shape index (κ1) is 11.0. The Labute approximate surface area is 97.2 Å². The van der Waals surface area contributed by atoms with Gasteiger partial charge in [0.1, 0.15) is 11.6 Å². The van der Waals surface area contributed by atoms with E-state index in [4.69, 9.17) is 5.73 Å². The van der Waals surface area contributed by atoms with Gasteiger partial charge < -0.3 is 5.73 Å². The molecule has 0 fully saturated rings. The Morgan fingerprint density at radius 1 is 1.56 bits per heavy atom. The third kappa shape index (κ3) is 1.78. The topological polar surface area (TPSA) is 72.5 Å². The quantitative estimate of drug-likeness (QED) is 0.831. The Morgan fingerprint density at radius 2 is 2.25 bits per heavy atom. The van der Waals surface area contributed by atoms with Crippen molar-refractivity contribution in [2.45, 2.75) is 26.7 Å². The van der Waals surface area contributed by atoms with E-state index in [9.17, 15) is 9.59 Å². The lowest BCUT2D eigenvalue weighted by Crippen LogP contribution is -2.22. The molecule has 1 aliphatic heterocycles. The fourth-order valence-corrected chi connectivity index (χ4v) is 3.23. The van der Waals surface area contributed by atoms with Crippen LogP contribution in [0.5, 0.6) is 0 Å². The number of nitrogens with two attached hydrogens (primary N) is 1. The number of amidine groups is 1. The molecule has 0 radical (unpaired) electrons. The minimum atomic E-state index is -0.208. The highest BCUT2D eigenvalue weighted by molar-refractivity contribution is 7.12. The number of Topliss-reactive ketones (excluding diaryl/α,β-unsaturated/α-hetero) is 1. The minimum absolute atomic E-state index is 0.114. The predicted molar refractivity (Wildman–Crippen MR) is 62.9 cm³/mol. The standard InChI is InChI=1S/C11H12N2O2S/c1-5(14)3-7-6(2)10-8(16-7)4-9(15)13-11(10)12/h3-4H2,1-2H3,(H2,12,13,15). The number of rotatable bonds is 2. The number of carbonyl (C=O) groups excluding carboxylic acids is 2. The molecule has 0 bridgehead atoms. The Morgan fingerprint density at radius 3 is 2.88 bits per heavy atom. The zero-order valence-electron chi connectivity index (χ0n) is 9.16. The van der Waals surface area contributed by atoms with Crippen molar-refractivity contribution in [1.29, 1.82) is 0 Å². The molecule has 1 amide bonds. The van der Waals surface area contributed by atoms with Crippen LogP contribution < -0.4 is 5.73 Å². The molecule has 0 aliphatic carbocycles. The first-order chi connectivity index (χ1) is 7.49. The van der Waals surface area contributed by atoms with Crippen LogP contribution >= 0.6 is 11.3 Å². The van der Waals surface area contributed by atoms with Crippen molar-refractivity contribution in [1.82, 2.24) is 0 Å². The molecule has 2 heterocycles. The van der Waals surface area contributed by atoms with Crippen LogP contribution in [0.15, 0.2) is 4.99 Å². The van der Waals surface area contributed by atoms with Crippen molar-refractivity contribution in [3.05, 3.63) is 20.9 Å². The Hall–Kier alpha value is -1.49. The number of carbonyl (C=O) groups is 2. The van der Waals surface area contributed by atoms with E-state index in [1.807, 2.05) is 6.92 Å². The number of hydrogen-bond acceptors (Lipinski definition) is 4. The van der Waals surface area contributed by atoms with E-state index in [1.54, 1.807) is 6.92 Å². The Bertz CT molecular complexity index is 514. The molecule has 0 saturated heterocycles. The fraction of sp³-hybridized carbons (Fsp3) is 0.364. The smallest absolute Gasteiger partial charge is 0.252 e. The summed E-state index contributed by atoms with van der Waals surface area (Å²) >= 11 is 1.50. The van der Waals surface area contributed by atoms with Crippen LogP contribution in [0.1, 0.15) is 27.8 Å². The summed E-state index contributed by atoms with van der Waals surface area (Å²) in [5, 5.41) is 0. The van der Waals surface area contributed by atoms with Crippen LogP contribution in [-0.2, 0) is 22.4 Å². The molecule has 1 aliphatic rings. The maximum atomic E-state index is 11.3. The van der Waals surface area contributed by atoms with Gasteiger partial charge >= 0.3 is 0 Å². The monoisotopic (exact) mass is 236 g/mol. The third-order valence-electron chi connectivity index (χ3n) is 2.54. The molecular weight excluding hydrogens is 224 g/mol. The van der Waals surface area contributed by atoms with Gasteiger partial charge in [0.15, 0.2) is 0 Å². The second-order valence-electron chi connectivity index (χ2n) is 3.89. The number of amides is 1. The molecule has 84 valence electrons. The average Bonchev–Trinajstić information content (AvgIpc) is 2.41. The van der Waals surface area contributed by atoms with Crippen molar-refractivity contribution in [2.75, 3.05) is 0 Å². The molecule has 4 nitrogen and oxygen atoms in total. The molecular formula is C11H12N2O2S. The first-order valence-electron chi connectivity index (χ1n) is 4.97. The van der Waals surface area contributed by atoms with E-state index in [0.29, 0.717) is 12.8 Å². The van der Waals surface area contributed by atoms with Crippen LogP contribution in [0.2, 0.25) is 0 Å². The van der Waals surface area contributed by atoms with Gasteiger partial charge in [-0.25, -0.2) is 0 Å². The largest absolute Gasteiger partial charge is 0.383 e. The number of ketones is 1. The summed E-state index contributed by atoms with van der Waals surface area (Å²) in [5.41, 5.74) is 7.58. The van der Waals surface area contributed by atoms with E-state index < -0.39 is 0 Å². The highest BCUT2D eigenvalue weighted by Gasteiger charge is 2.24. The van der Waals surface area contributed by atoms with Crippen LogP contribution in [0.25, 0.3) is 0 Å². The van der Waals surface area contributed by atoms with Gasteiger partial charge in [0.25, 0.3) is 5.91 Å². The first-order valence-corrected chi connectivity index (χ1v) is 5.78. The lowest BCUT2D eigenvalue weighted by molar-refractivity contribution is -0.117. The maximum Gasteiger partial charge on any atom is 0.252 e. The second-order valence-corrected chi connectivity index (χ2v) is 5.08. The zero-order valence-corrected chi connectivity index (χ0v) is 9.98. The van der Waals surface area contributed by atoms with E-state index in [-0.39, 0.29) is 17.5 Å². The molecule has 0 spiro atoms. The summed E-state index contributed by atoms with van der Waals surface area (Å²) in [6.07, 6.45) is 0.713. The highest BCUT2D eigenvalue weighted by atomic mass is 32.1. The summed E-state index contributed by atoms with van der Waals surface area (Å²) in [5.74, 6) is 0.193. The maximum absolute atomic E-state index is 11.3. The molecule has 2 N–H and O–H groups in total. The number of aliphatic imine (C=N–C) groups is 1. The van der Waals surface area contributed by atoms with Gasteiger partial charge in [-0.05, 0) is 19.4 Å². The molecule has 0 atom stereocenters. The van der Waals surface area contributed by atoms with Gasteiger partial charge in [-0.15, -0.1) is 11.3 Å². The van der Waals surface area contributed by atoms with Crippen LogP contribution in [0, 0.1) is 6.92 Å². The van der Waals surface area contributed by atoms with E-state index in [0.717, 1.165) is 20.9 Å². The molecule has 1 aromatic rings. The van der Waals surface area contributed by atoms with Crippen molar-refractivity contribution >= 4 is 28.9 Å². The van der Waals surface area contributed by atoms with E-state index in [1.165, 1.54) is 11.3 Å². The number of thiophene rings is 1. The van der Waals surface area contributed by atoms with Gasteiger partial charge in [-0.3, -0.25) is 9.59 Å². The van der Waals surface area contributed by atoms with Crippen LogP contribution in [0.3, 0.4) is 0 Å². The minimum Gasteiger partial charge on any atom is -0.383 e. The van der Waals surface area contributed by atoms with E-state index in [2.05, 4.69) is 4.99 Å². The van der Waals surface area contributed by atoms with Crippen LogP contribution in [-0.4, -0.2) is 17.5 Å². The Balaban J connectivity index is 2.49. The van der Waals surface area contributed by atoms with E-state index >= 15 is 0 Å². The van der Waals surface area contributed by atoms with Gasteiger partial charge in [0, 0.05) is 21.7 Å². The fourth-order valence-electron chi connectivity index (χ4n) is 1.85. The SMILES string of the molecule is CC(=O)Cc1sc2c(c1C)C(N)=NC(=O)C2. The highest BCUT2D eigenvalue weighted by Crippen LogP contribution is 2.31. The molecule has 2 rings (SSSR count). The Kier molecular flexibility index (Phi) is 2.63. The van der Waals surface area contributed by atoms with Gasteiger partial charge in [-0.2, -0.15) is 4.99 Å². The third-order valence-corrected chi connectivity index (χ3v) is 3.83. The molecule has 16 heavy (non-hydrogen) atoms. The van der Waals surface area contributed by atoms with Gasteiger partial charge in [0.2, 0.25) is 0 Å². The normalized spacial score (nSPS) is 14.6. The van der Waals surface area contributed by atoms with Crippen molar-refractivity contribution in [2.24, 2.45) is 10.7 Å². The number of nitrogens with zero attached hydrogens (tertiary/aromatic N) is 1. The molecule has 0 saturated carbocycles. The zero-order chi connectivity index (χ0) is 11.9. The summed E-state index contributed by atoms with van der Waals surface area (Å²) in [4.78, 5) is 28.0. The summed E-state index contributed by atoms with van der Waals surface area (Å²) < 4.78 is 0. The second kappa shape index (κ2) is 3.83. The van der Waals surface area contributed by atoms with Gasteiger partial charge in [-0.1, -0.05) is 0 Å². The summed E-state index contributed by atoms with van der Waals surface area (Å²) in [7, 11) is 0. The number of fused-ring (bicyclic) bond motifs is 1. The predicted octanol–water partition coefficient (Wildman–Crippen LogP) is 0.976. The molecule has 1 aromatic heterocycles. The molecule has 5 heteroatoms. The summed E-state index contributed by atoms with van der Waals surface area (Å²) in [6, 6.07) is 0. The van der Waals surface area contributed by atoms with Crippen LogP contribution in [0.4, 0.5) is 0 Å². The molecule has 0 unspecified atom stereocenters. The molecule has 0 aromatic carbocycles. The van der Waals surface area contributed by atoms with Crippen molar-refractivity contribution < 1.29 is 9.59 Å². The lowest BCUT2D eigenvalue weighted by Gasteiger charge is -2.08. The average molecular weight is 236 g/mol. The lowest BCUT2D eigenvalue weighted by atomic mass is 10.0. The van der Waals surface area contributed by atoms with Crippen molar-refractivity contribution in [3.8, 4) is 0 Å². The van der Waals surface area contributed by atoms with Crippen molar-refractivity contribution in [3.63, 3.8) is 0 Å². The van der Waals surface area contributed by atoms with Gasteiger partial charge in [0.05, 0.1) is 6.42 Å². The number of hydrogen-bond donors (Lipinski definition) is 1.